The Kier molecular flexibility index (Phi) is 7.24. The van der Waals surface area contributed by atoms with Gasteiger partial charge in [0.1, 0.15) is 0 Å². The molecule has 0 aliphatic carbocycles. The van der Waals surface area contributed by atoms with Gasteiger partial charge in [-0.15, -0.1) is 0 Å². The minimum Gasteiger partial charge on any atom is -0.394 e. The number of hydrogen-bond acceptors (Lipinski definition) is 6. The molecule has 2 N–H and O–H groups in total. The molecule has 110 valence electrons. The molecule has 0 aliphatic heterocycles. The van der Waals surface area contributed by atoms with Crippen LogP contribution >= 0.6 is 0 Å². The van der Waals surface area contributed by atoms with E-state index in [2.05, 4.69) is 10.00 Å². The summed E-state index contributed by atoms with van der Waals surface area (Å²) in [5.41, 5.74) is 6.67. The highest BCUT2D eigenvalue weighted by Crippen LogP contribution is 2.22. The number of nitrogens with zero attached hydrogens (tertiary/aromatic N) is 3. The van der Waals surface area contributed by atoms with E-state index in [4.69, 9.17) is 19.9 Å². The van der Waals surface area contributed by atoms with Gasteiger partial charge in [0.2, 0.25) is 0 Å². The van der Waals surface area contributed by atoms with E-state index in [0.717, 1.165) is 18.9 Å². The summed E-state index contributed by atoms with van der Waals surface area (Å²) in [5.74, 6) is 0.895. The fraction of sp³-hybridized carbons (Fsp3) is 0.750. The molecule has 7 nitrogen and oxygen atoms in total. The summed E-state index contributed by atoms with van der Waals surface area (Å²) < 4.78 is 17.2. The van der Waals surface area contributed by atoms with Crippen LogP contribution in [0.15, 0.2) is 6.20 Å². The van der Waals surface area contributed by atoms with Gasteiger partial charge in [-0.25, -0.2) is 4.68 Å². The van der Waals surface area contributed by atoms with E-state index < -0.39 is 0 Å². The second kappa shape index (κ2) is 8.73. The summed E-state index contributed by atoms with van der Waals surface area (Å²) in [5, 5.41) is 4.28. The Bertz CT molecular complexity index is 349. The molecule has 7 heteroatoms. The van der Waals surface area contributed by atoms with Crippen molar-refractivity contribution in [3.63, 3.8) is 0 Å². The van der Waals surface area contributed by atoms with Crippen molar-refractivity contribution in [2.24, 2.45) is 0 Å². The van der Waals surface area contributed by atoms with Crippen LogP contribution in [-0.4, -0.2) is 64.0 Å². The molecule has 0 unspecified atom stereocenters. The molecular formula is C12H24N4O3. The minimum atomic E-state index is 0.594. The second-order valence-electron chi connectivity index (χ2n) is 4.11. The molecule has 19 heavy (non-hydrogen) atoms. The van der Waals surface area contributed by atoms with Crippen LogP contribution in [0.1, 0.15) is 0 Å². The lowest BCUT2D eigenvalue weighted by atomic mass is 10.4. The molecule has 0 amide bonds. The summed E-state index contributed by atoms with van der Waals surface area (Å²) in [6.07, 6.45) is 1.66. The van der Waals surface area contributed by atoms with Crippen molar-refractivity contribution in [2.75, 3.05) is 64.9 Å². The summed E-state index contributed by atoms with van der Waals surface area (Å²) in [4.78, 5) is 2.12. The summed E-state index contributed by atoms with van der Waals surface area (Å²) >= 11 is 0. The van der Waals surface area contributed by atoms with Gasteiger partial charge in [0.25, 0.3) is 0 Å². The topological polar surface area (TPSA) is 74.8 Å². The van der Waals surface area contributed by atoms with Gasteiger partial charge in [0.15, 0.2) is 5.82 Å². The average Bonchev–Trinajstić information content (AvgIpc) is 2.78. The highest BCUT2D eigenvalue weighted by Gasteiger charge is 2.16. The zero-order valence-electron chi connectivity index (χ0n) is 12.0. The Morgan fingerprint density at radius 3 is 2.21 bits per heavy atom. The fourth-order valence-electron chi connectivity index (χ4n) is 1.81. The van der Waals surface area contributed by atoms with E-state index in [9.17, 15) is 0 Å². The van der Waals surface area contributed by atoms with E-state index in [-0.39, 0.29) is 0 Å². The molecule has 1 aromatic rings. The molecule has 1 heterocycles. The van der Waals surface area contributed by atoms with E-state index in [1.54, 1.807) is 27.5 Å². The zero-order chi connectivity index (χ0) is 14.1. The Hall–Kier alpha value is -1.31. The number of rotatable bonds is 10. The van der Waals surface area contributed by atoms with Crippen LogP contribution in [0, 0.1) is 0 Å². The third-order valence-corrected chi connectivity index (χ3v) is 2.78. The smallest absolute Gasteiger partial charge is 0.150 e. The number of hydrogen-bond donors (Lipinski definition) is 1. The maximum absolute atomic E-state index is 6.01. The zero-order valence-corrected chi connectivity index (χ0v) is 12.0. The SMILES string of the molecule is COCCN(CCOC)c1c(N)cnn1CCOC. The van der Waals surface area contributed by atoms with Gasteiger partial charge >= 0.3 is 0 Å². The van der Waals surface area contributed by atoms with Crippen molar-refractivity contribution in [1.82, 2.24) is 9.78 Å². The molecule has 0 aromatic carbocycles. The lowest BCUT2D eigenvalue weighted by Crippen LogP contribution is -2.33. The van der Waals surface area contributed by atoms with Crippen molar-refractivity contribution in [2.45, 2.75) is 6.54 Å². The van der Waals surface area contributed by atoms with Crippen molar-refractivity contribution in [3.05, 3.63) is 6.20 Å². The van der Waals surface area contributed by atoms with Gasteiger partial charge in [-0.05, 0) is 0 Å². The van der Waals surface area contributed by atoms with Crippen LogP contribution < -0.4 is 10.6 Å². The fourth-order valence-corrected chi connectivity index (χ4v) is 1.81. The lowest BCUT2D eigenvalue weighted by Gasteiger charge is -2.25. The molecule has 0 spiro atoms. The second-order valence-corrected chi connectivity index (χ2v) is 4.11. The minimum absolute atomic E-state index is 0.594. The average molecular weight is 272 g/mol. The molecule has 0 saturated carbocycles. The van der Waals surface area contributed by atoms with Gasteiger partial charge in [-0.3, -0.25) is 0 Å². The maximum atomic E-state index is 6.01. The van der Waals surface area contributed by atoms with E-state index in [1.807, 2.05) is 4.68 Å². The molecule has 0 aliphatic rings. The van der Waals surface area contributed by atoms with Crippen molar-refractivity contribution < 1.29 is 14.2 Å². The van der Waals surface area contributed by atoms with Crippen LogP contribution in [0.25, 0.3) is 0 Å². The number of aromatic nitrogens is 2. The highest BCUT2D eigenvalue weighted by molar-refractivity contribution is 5.62. The molecule has 0 saturated heterocycles. The van der Waals surface area contributed by atoms with E-state index in [1.165, 1.54) is 0 Å². The monoisotopic (exact) mass is 272 g/mol. The van der Waals surface area contributed by atoms with Gasteiger partial charge in [-0.2, -0.15) is 5.10 Å². The molecule has 0 fully saturated rings. The number of anilines is 2. The van der Waals surface area contributed by atoms with Crippen LogP contribution in [0.3, 0.4) is 0 Å². The van der Waals surface area contributed by atoms with Crippen molar-refractivity contribution in [1.29, 1.82) is 0 Å². The largest absolute Gasteiger partial charge is 0.394 e. The van der Waals surface area contributed by atoms with Crippen molar-refractivity contribution >= 4 is 11.5 Å². The van der Waals surface area contributed by atoms with Gasteiger partial charge in [0, 0.05) is 34.4 Å². The molecule has 0 atom stereocenters. The van der Waals surface area contributed by atoms with Gasteiger partial charge < -0.3 is 24.8 Å². The normalized spacial score (nSPS) is 10.9. The predicted molar refractivity (Wildman–Crippen MR) is 74.5 cm³/mol. The first-order valence-corrected chi connectivity index (χ1v) is 6.27. The molecule has 1 aromatic heterocycles. The number of nitrogen functional groups attached to an aromatic ring is 1. The highest BCUT2D eigenvalue weighted by atomic mass is 16.5. The molecule has 1 rings (SSSR count). The number of ether oxygens (including phenoxy) is 3. The lowest BCUT2D eigenvalue weighted by molar-refractivity contribution is 0.181. The Morgan fingerprint density at radius 1 is 1.11 bits per heavy atom. The number of methoxy groups -OCH3 is 3. The standard InChI is InChI=1S/C12H24N4O3/c1-17-7-4-15(5-8-18-2)12-11(13)10-14-16(12)6-9-19-3/h10H,4-9,13H2,1-3H3. The summed E-state index contributed by atoms with van der Waals surface area (Å²) in [6, 6.07) is 0. The third-order valence-electron chi connectivity index (χ3n) is 2.78. The third kappa shape index (κ3) is 4.70. The van der Waals surface area contributed by atoms with Crippen LogP contribution in [0.5, 0.6) is 0 Å². The Morgan fingerprint density at radius 2 is 1.68 bits per heavy atom. The van der Waals surface area contributed by atoms with Crippen molar-refractivity contribution in [3.8, 4) is 0 Å². The first-order chi connectivity index (χ1) is 9.24. The maximum Gasteiger partial charge on any atom is 0.150 e. The Labute approximate surface area is 114 Å². The van der Waals surface area contributed by atoms with E-state index in [0.29, 0.717) is 32.1 Å². The number of nitrogens with two attached hydrogens (primary N) is 1. The first kappa shape index (κ1) is 15.7. The molecular weight excluding hydrogens is 248 g/mol. The first-order valence-electron chi connectivity index (χ1n) is 6.27. The molecule has 0 radical (unpaired) electrons. The van der Waals surface area contributed by atoms with Crippen LogP contribution in [0.2, 0.25) is 0 Å². The quantitative estimate of drug-likeness (QED) is 0.656. The van der Waals surface area contributed by atoms with Gasteiger partial charge in [0.05, 0.1) is 38.2 Å². The van der Waals surface area contributed by atoms with E-state index >= 15 is 0 Å². The van der Waals surface area contributed by atoms with Crippen LogP contribution in [0.4, 0.5) is 11.5 Å². The van der Waals surface area contributed by atoms with Gasteiger partial charge in [-0.1, -0.05) is 0 Å². The summed E-state index contributed by atoms with van der Waals surface area (Å²) in [7, 11) is 5.03. The summed E-state index contributed by atoms with van der Waals surface area (Å²) in [6.45, 7) is 3.98. The van der Waals surface area contributed by atoms with Crippen LogP contribution in [-0.2, 0) is 20.8 Å². The Balaban J connectivity index is 2.82. The molecule has 0 bridgehead atoms. The predicted octanol–water partition coefficient (Wildman–Crippen LogP) is 0.211.